The molecule has 2 aliphatic rings. The van der Waals surface area contributed by atoms with Crippen molar-refractivity contribution in [2.24, 2.45) is 5.92 Å². The van der Waals surface area contributed by atoms with Gasteiger partial charge >= 0.3 is 0 Å². The van der Waals surface area contributed by atoms with E-state index in [2.05, 4.69) is 15.1 Å². The first-order valence-corrected chi connectivity index (χ1v) is 14.4. The smallest absolute Gasteiger partial charge is 0.264 e. The summed E-state index contributed by atoms with van der Waals surface area (Å²) in [6, 6.07) is 21.2. The molecule has 2 aromatic carbocycles. The fraction of sp³-hybridized carbons (Fsp3) is 0.290. The van der Waals surface area contributed by atoms with Crippen LogP contribution in [0.5, 0.6) is 0 Å². The summed E-state index contributed by atoms with van der Waals surface area (Å²) >= 11 is 1.53. The van der Waals surface area contributed by atoms with Gasteiger partial charge in [-0.3, -0.25) is 24.4 Å². The Morgan fingerprint density at radius 3 is 2.55 bits per heavy atom. The monoisotopic (exact) mass is 553 g/mol. The minimum atomic E-state index is -0.245. The first kappa shape index (κ1) is 26.0. The first-order valence-electron chi connectivity index (χ1n) is 13.6. The van der Waals surface area contributed by atoms with Gasteiger partial charge in [-0.15, -0.1) is 11.3 Å². The normalized spacial score (nSPS) is 16.4. The standard InChI is InChI=1S/C31H31N5O3S/c1-20(25-18-26(33-32-25)21-8-4-3-5-9-21)34(2)29(37)22-13-15-35(16-14-22)27-12-6-11-24-28(27)31(39)36(30(24)38)19-23-10-7-17-40-23/h3-12,17-18,20,22H,13-16,19H2,1-2H3,(H,32,33). The van der Waals surface area contributed by atoms with Gasteiger partial charge in [0.1, 0.15) is 0 Å². The lowest BCUT2D eigenvalue weighted by Gasteiger charge is -2.36. The molecule has 0 spiro atoms. The predicted octanol–water partition coefficient (Wildman–Crippen LogP) is 5.37. The lowest BCUT2D eigenvalue weighted by molar-refractivity contribution is -0.136. The van der Waals surface area contributed by atoms with Crippen LogP contribution in [-0.4, -0.2) is 57.9 Å². The molecule has 0 radical (unpaired) electrons. The Hall–Kier alpha value is -4.24. The van der Waals surface area contributed by atoms with Crippen LogP contribution in [0.1, 0.15) is 57.1 Å². The van der Waals surface area contributed by atoms with Crippen LogP contribution in [0, 0.1) is 5.92 Å². The highest BCUT2D eigenvalue weighted by molar-refractivity contribution is 7.09. The van der Waals surface area contributed by atoms with Crippen LogP contribution in [-0.2, 0) is 11.3 Å². The van der Waals surface area contributed by atoms with Crippen molar-refractivity contribution in [2.75, 3.05) is 25.0 Å². The third kappa shape index (κ3) is 4.70. The number of rotatable bonds is 7. The van der Waals surface area contributed by atoms with Crippen molar-refractivity contribution in [1.29, 1.82) is 0 Å². The van der Waals surface area contributed by atoms with Crippen molar-refractivity contribution in [3.05, 3.63) is 93.8 Å². The van der Waals surface area contributed by atoms with E-state index in [1.807, 2.05) is 80.0 Å². The van der Waals surface area contributed by atoms with E-state index in [-0.39, 0.29) is 36.2 Å². The number of hydrogen-bond donors (Lipinski definition) is 1. The SMILES string of the molecule is CC(c1cc(-c2ccccc2)n[nH]1)N(C)C(=O)C1CCN(c2cccc3c2C(=O)N(Cc2cccs2)C3=O)CC1. The van der Waals surface area contributed by atoms with Crippen LogP contribution in [0.15, 0.2) is 72.1 Å². The number of imide groups is 1. The maximum Gasteiger partial charge on any atom is 0.264 e. The van der Waals surface area contributed by atoms with Gasteiger partial charge < -0.3 is 9.80 Å². The van der Waals surface area contributed by atoms with Crippen molar-refractivity contribution in [2.45, 2.75) is 32.4 Å². The molecular weight excluding hydrogens is 522 g/mol. The zero-order chi connectivity index (χ0) is 27.8. The highest BCUT2D eigenvalue weighted by Crippen LogP contribution is 2.35. The maximum absolute atomic E-state index is 13.5. The van der Waals surface area contributed by atoms with E-state index < -0.39 is 0 Å². The van der Waals surface area contributed by atoms with Crippen LogP contribution in [0.4, 0.5) is 5.69 Å². The number of piperidine rings is 1. The fourth-order valence-corrected chi connectivity index (χ4v) is 6.34. The Morgan fingerprint density at radius 2 is 1.82 bits per heavy atom. The van der Waals surface area contributed by atoms with Gasteiger partial charge in [-0.2, -0.15) is 5.10 Å². The van der Waals surface area contributed by atoms with Gasteiger partial charge in [-0.05, 0) is 49.4 Å². The molecule has 9 heteroatoms. The van der Waals surface area contributed by atoms with Crippen molar-refractivity contribution >= 4 is 34.7 Å². The third-order valence-corrected chi connectivity index (χ3v) is 8.96. The molecule has 0 aliphatic carbocycles. The summed E-state index contributed by atoms with van der Waals surface area (Å²) in [6.07, 6.45) is 1.36. The Kier molecular flexibility index (Phi) is 6.98. The molecule has 2 aromatic heterocycles. The molecule has 4 heterocycles. The molecule has 0 saturated carbocycles. The first-order chi connectivity index (χ1) is 19.4. The molecule has 4 aromatic rings. The number of aromatic nitrogens is 2. The van der Waals surface area contributed by atoms with Gasteiger partial charge in [0.25, 0.3) is 11.8 Å². The second-order valence-corrected chi connectivity index (χ2v) is 11.5. The van der Waals surface area contributed by atoms with E-state index in [1.165, 1.54) is 16.2 Å². The van der Waals surface area contributed by atoms with E-state index >= 15 is 0 Å². The number of carbonyl (C=O) groups excluding carboxylic acids is 3. The minimum absolute atomic E-state index is 0.106. The second-order valence-electron chi connectivity index (χ2n) is 10.4. The number of nitrogens with zero attached hydrogens (tertiary/aromatic N) is 4. The van der Waals surface area contributed by atoms with Gasteiger partial charge in [-0.1, -0.05) is 42.5 Å². The molecule has 6 rings (SSSR count). The summed E-state index contributed by atoms with van der Waals surface area (Å²) in [5, 5.41) is 9.50. The highest BCUT2D eigenvalue weighted by atomic mass is 32.1. The maximum atomic E-state index is 13.5. The zero-order valence-electron chi connectivity index (χ0n) is 22.5. The number of anilines is 1. The van der Waals surface area contributed by atoms with Crippen molar-refractivity contribution in [1.82, 2.24) is 20.0 Å². The molecule has 1 saturated heterocycles. The van der Waals surface area contributed by atoms with E-state index in [9.17, 15) is 14.4 Å². The molecule has 1 N–H and O–H groups in total. The molecule has 1 fully saturated rings. The molecule has 0 bridgehead atoms. The molecule has 1 atom stereocenters. The number of fused-ring (bicyclic) bond motifs is 1. The second kappa shape index (κ2) is 10.7. The average Bonchev–Trinajstić information content (AvgIpc) is 3.75. The Bertz CT molecular complexity index is 1540. The molecule has 2 aliphatic heterocycles. The van der Waals surface area contributed by atoms with Gasteiger partial charge in [0.2, 0.25) is 5.91 Å². The Morgan fingerprint density at radius 1 is 1.05 bits per heavy atom. The number of aromatic amines is 1. The molecular formula is C31H31N5O3S. The van der Waals surface area contributed by atoms with Crippen LogP contribution in [0.2, 0.25) is 0 Å². The minimum Gasteiger partial charge on any atom is -0.371 e. The molecule has 1 unspecified atom stereocenters. The van der Waals surface area contributed by atoms with Crippen molar-refractivity contribution in [3.8, 4) is 11.3 Å². The van der Waals surface area contributed by atoms with Gasteiger partial charge in [0.05, 0.1) is 40.8 Å². The van der Waals surface area contributed by atoms with Crippen LogP contribution in [0.3, 0.4) is 0 Å². The van der Waals surface area contributed by atoms with E-state index in [0.29, 0.717) is 37.1 Å². The lowest BCUT2D eigenvalue weighted by atomic mass is 9.93. The average molecular weight is 554 g/mol. The molecule has 40 heavy (non-hydrogen) atoms. The number of H-pyrrole nitrogens is 1. The number of hydrogen-bond acceptors (Lipinski definition) is 6. The highest BCUT2D eigenvalue weighted by Gasteiger charge is 2.39. The fourth-order valence-electron chi connectivity index (χ4n) is 5.64. The van der Waals surface area contributed by atoms with Crippen LogP contribution >= 0.6 is 11.3 Å². The van der Waals surface area contributed by atoms with Crippen molar-refractivity contribution in [3.63, 3.8) is 0 Å². The van der Waals surface area contributed by atoms with E-state index in [0.717, 1.165) is 27.5 Å². The van der Waals surface area contributed by atoms with E-state index in [1.54, 1.807) is 11.0 Å². The Labute approximate surface area is 237 Å². The zero-order valence-corrected chi connectivity index (χ0v) is 23.4. The van der Waals surface area contributed by atoms with E-state index in [4.69, 9.17) is 0 Å². The largest absolute Gasteiger partial charge is 0.371 e. The Balaban J connectivity index is 1.11. The number of carbonyl (C=O) groups is 3. The molecule has 3 amide bonds. The van der Waals surface area contributed by atoms with Crippen LogP contribution in [0.25, 0.3) is 11.3 Å². The van der Waals surface area contributed by atoms with Crippen molar-refractivity contribution < 1.29 is 14.4 Å². The summed E-state index contributed by atoms with van der Waals surface area (Å²) < 4.78 is 0. The number of benzene rings is 2. The summed E-state index contributed by atoms with van der Waals surface area (Å²) in [6.45, 7) is 3.58. The quantitative estimate of drug-likeness (QED) is 0.311. The lowest BCUT2D eigenvalue weighted by Crippen LogP contribution is -2.42. The van der Waals surface area contributed by atoms with Crippen LogP contribution < -0.4 is 4.90 Å². The predicted molar refractivity (Wildman–Crippen MR) is 155 cm³/mol. The summed E-state index contributed by atoms with van der Waals surface area (Å²) in [7, 11) is 1.85. The summed E-state index contributed by atoms with van der Waals surface area (Å²) in [5.74, 6) is -0.491. The molecule has 8 nitrogen and oxygen atoms in total. The van der Waals surface area contributed by atoms with Gasteiger partial charge in [0, 0.05) is 36.5 Å². The molecule has 204 valence electrons. The van der Waals surface area contributed by atoms with Gasteiger partial charge in [0.15, 0.2) is 0 Å². The third-order valence-electron chi connectivity index (χ3n) is 8.10. The topological polar surface area (TPSA) is 89.6 Å². The summed E-state index contributed by atoms with van der Waals surface area (Å²) in [4.78, 5) is 46.2. The van der Waals surface area contributed by atoms with Gasteiger partial charge in [-0.25, -0.2) is 0 Å². The number of thiophene rings is 1. The number of nitrogens with one attached hydrogen (secondary N) is 1. The number of amides is 3. The summed E-state index contributed by atoms with van der Waals surface area (Å²) in [5.41, 5.74) is 4.49.